The van der Waals surface area contributed by atoms with Crippen LogP contribution in [0, 0.1) is 6.92 Å². The van der Waals surface area contributed by atoms with Crippen molar-refractivity contribution in [3.05, 3.63) is 70.8 Å². The van der Waals surface area contributed by atoms with Crippen LogP contribution >= 0.6 is 11.6 Å². The minimum atomic E-state index is 0.741. The maximum atomic E-state index is 5.97. The first kappa shape index (κ1) is 11.3. The molecule has 0 unspecified atom stereocenters. The molecule has 0 aliphatic carbocycles. The summed E-state index contributed by atoms with van der Waals surface area (Å²) in [5, 5.41) is 0.741. The number of aryl methyl sites for hydroxylation is 1. The fourth-order valence-electron chi connectivity index (χ4n) is 2.14. The van der Waals surface area contributed by atoms with Crippen LogP contribution in [0.25, 0.3) is 5.52 Å². The topological polar surface area (TPSA) is 17.3 Å². The van der Waals surface area contributed by atoms with Crippen LogP contribution in [-0.2, 0) is 6.42 Å². The molecule has 2 heterocycles. The largest absolute Gasteiger partial charge is 0.303 e. The fraction of sp³-hybridized carbons (Fsp3) is 0.133. The second kappa shape index (κ2) is 4.46. The lowest BCUT2D eigenvalue weighted by atomic mass is 10.1. The third-order valence-electron chi connectivity index (χ3n) is 3.18. The predicted octanol–water partition coefficient (Wildman–Crippen LogP) is 3.89. The van der Waals surface area contributed by atoms with Crippen LogP contribution in [0.3, 0.4) is 0 Å². The first-order valence-electron chi connectivity index (χ1n) is 5.90. The third-order valence-corrected chi connectivity index (χ3v) is 3.42. The number of hydrogen-bond acceptors (Lipinski definition) is 1. The predicted molar refractivity (Wildman–Crippen MR) is 74.2 cm³/mol. The van der Waals surface area contributed by atoms with E-state index in [2.05, 4.69) is 40.6 Å². The average Bonchev–Trinajstić information content (AvgIpc) is 2.74. The van der Waals surface area contributed by atoms with E-state index in [4.69, 9.17) is 11.6 Å². The summed E-state index contributed by atoms with van der Waals surface area (Å²) in [6.45, 7) is 2.13. The molecule has 90 valence electrons. The van der Waals surface area contributed by atoms with Crippen LogP contribution in [0.5, 0.6) is 0 Å². The molecule has 0 aliphatic heterocycles. The Morgan fingerprint density at radius 3 is 2.89 bits per heavy atom. The second-order valence-corrected chi connectivity index (χ2v) is 4.85. The monoisotopic (exact) mass is 256 g/mol. The number of imidazole rings is 1. The van der Waals surface area contributed by atoms with Crippen molar-refractivity contribution in [2.24, 2.45) is 0 Å². The zero-order chi connectivity index (χ0) is 12.5. The Balaban J connectivity index is 2.03. The molecule has 3 aromatic rings. The quantitative estimate of drug-likeness (QED) is 0.680. The number of rotatable bonds is 2. The smallest absolute Gasteiger partial charge is 0.117 e. The second-order valence-electron chi connectivity index (χ2n) is 4.42. The van der Waals surface area contributed by atoms with Crippen LogP contribution in [0.4, 0.5) is 0 Å². The Kier molecular flexibility index (Phi) is 2.80. The van der Waals surface area contributed by atoms with Crippen LogP contribution in [0.1, 0.15) is 17.0 Å². The molecule has 18 heavy (non-hydrogen) atoms. The van der Waals surface area contributed by atoms with E-state index in [1.807, 2.05) is 24.5 Å². The number of halogens is 1. The van der Waals surface area contributed by atoms with Gasteiger partial charge in [-0.3, -0.25) is 0 Å². The van der Waals surface area contributed by atoms with Gasteiger partial charge in [-0.25, -0.2) is 4.98 Å². The van der Waals surface area contributed by atoms with Gasteiger partial charge in [-0.2, -0.15) is 0 Å². The standard InChI is InChI=1S/C15H13ClN2/c1-11-4-2-3-5-12(11)8-15-17-10-14-9-13(16)6-7-18(14)15/h2-7,9-10H,8H2,1H3. The van der Waals surface area contributed by atoms with Gasteiger partial charge in [0, 0.05) is 17.6 Å². The highest BCUT2D eigenvalue weighted by atomic mass is 35.5. The Morgan fingerprint density at radius 2 is 2.06 bits per heavy atom. The minimum Gasteiger partial charge on any atom is -0.303 e. The van der Waals surface area contributed by atoms with Gasteiger partial charge in [0.25, 0.3) is 0 Å². The highest BCUT2D eigenvalue weighted by Gasteiger charge is 2.06. The van der Waals surface area contributed by atoms with Gasteiger partial charge >= 0.3 is 0 Å². The highest BCUT2D eigenvalue weighted by molar-refractivity contribution is 6.30. The Morgan fingerprint density at radius 1 is 1.22 bits per heavy atom. The summed E-state index contributed by atoms with van der Waals surface area (Å²) in [7, 11) is 0. The number of aromatic nitrogens is 2. The average molecular weight is 257 g/mol. The van der Waals surface area contributed by atoms with Gasteiger partial charge in [-0.05, 0) is 30.2 Å². The van der Waals surface area contributed by atoms with E-state index in [1.165, 1.54) is 11.1 Å². The summed E-state index contributed by atoms with van der Waals surface area (Å²) >= 11 is 5.97. The maximum Gasteiger partial charge on any atom is 0.117 e. The molecular formula is C15H13ClN2. The van der Waals surface area contributed by atoms with Gasteiger partial charge in [0.15, 0.2) is 0 Å². The highest BCUT2D eigenvalue weighted by Crippen LogP contribution is 2.17. The summed E-state index contributed by atoms with van der Waals surface area (Å²) in [6, 6.07) is 12.2. The summed E-state index contributed by atoms with van der Waals surface area (Å²) in [5.74, 6) is 1.04. The normalized spacial score (nSPS) is 11.0. The summed E-state index contributed by atoms with van der Waals surface area (Å²) in [6.07, 6.45) is 4.67. The molecule has 3 rings (SSSR count). The number of hydrogen-bond donors (Lipinski definition) is 0. The first-order valence-corrected chi connectivity index (χ1v) is 6.28. The minimum absolute atomic E-state index is 0.741. The molecule has 0 saturated carbocycles. The number of nitrogens with zero attached hydrogens (tertiary/aromatic N) is 2. The molecule has 1 aromatic carbocycles. The summed E-state index contributed by atoms with van der Waals surface area (Å²) in [5.41, 5.74) is 3.63. The van der Waals surface area contributed by atoms with Crippen molar-refractivity contribution in [1.29, 1.82) is 0 Å². The lowest BCUT2D eigenvalue weighted by Crippen LogP contribution is -1.97. The lowest BCUT2D eigenvalue weighted by molar-refractivity contribution is 0.955. The molecule has 0 atom stereocenters. The summed E-state index contributed by atoms with van der Waals surface area (Å²) in [4.78, 5) is 4.48. The Hall–Kier alpha value is -1.80. The fourth-order valence-corrected chi connectivity index (χ4v) is 2.31. The Labute approximate surface area is 111 Å². The van der Waals surface area contributed by atoms with E-state index in [0.29, 0.717) is 0 Å². The molecule has 0 fully saturated rings. The van der Waals surface area contributed by atoms with E-state index in [-0.39, 0.29) is 0 Å². The first-order chi connectivity index (χ1) is 8.74. The van der Waals surface area contributed by atoms with Crippen molar-refractivity contribution >= 4 is 17.1 Å². The van der Waals surface area contributed by atoms with E-state index in [0.717, 1.165) is 22.8 Å². The lowest BCUT2D eigenvalue weighted by Gasteiger charge is -2.05. The third kappa shape index (κ3) is 2.00. The van der Waals surface area contributed by atoms with Crippen molar-refractivity contribution in [2.75, 3.05) is 0 Å². The number of benzene rings is 1. The van der Waals surface area contributed by atoms with Gasteiger partial charge in [-0.15, -0.1) is 0 Å². The number of pyridine rings is 1. The summed E-state index contributed by atoms with van der Waals surface area (Å²) < 4.78 is 2.08. The molecule has 2 nitrogen and oxygen atoms in total. The van der Waals surface area contributed by atoms with Crippen LogP contribution in [-0.4, -0.2) is 9.38 Å². The molecule has 0 radical (unpaired) electrons. The number of fused-ring (bicyclic) bond motifs is 1. The Bertz CT molecular complexity index is 701. The van der Waals surface area contributed by atoms with E-state index in [1.54, 1.807) is 0 Å². The van der Waals surface area contributed by atoms with Gasteiger partial charge < -0.3 is 4.40 Å². The van der Waals surface area contributed by atoms with Crippen LogP contribution in [0.15, 0.2) is 48.8 Å². The van der Waals surface area contributed by atoms with Crippen molar-refractivity contribution < 1.29 is 0 Å². The van der Waals surface area contributed by atoms with Crippen molar-refractivity contribution in [3.63, 3.8) is 0 Å². The van der Waals surface area contributed by atoms with Gasteiger partial charge in [0.05, 0.1) is 11.7 Å². The molecule has 0 N–H and O–H groups in total. The SMILES string of the molecule is Cc1ccccc1Cc1ncc2cc(Cl)ccn12. The van der Waals surface area contributed by atoms with E-state index < -0.39 is 0 Å². The molecule has 2 aromatic heterocycles. The van der Waals surface area contributed by atoms with Crippen molar-refractivity contribution in [2.45, 2.75) is 13.3 Å². The van der Waals surface area contributed by atoms with Crippen molar-refractivity contribution in [3.8, 4) is 0 Å². The van der Waals surface area contributed by atoms with E-state index >= 15 is 0 Å². The molecule has 0 aliphatic rings. The van der Waals surface area contributed by atoms with E-state index in [9.17, 15) is 0 Å². The molecular weight excluding hydrogens is 244 g/mol. The molecule has 3 heteroatoms. The van der Waals surface area contributed by atoms with Gasteiger partial charge in [-0.1, -0.05) is 35.9 Å². The molecule has 0 saturated heterocycles. The molecule has 0 bridgehead atoms. The molecule has 0 spiro atoms. The zero-order valence-corrected chi connectivity index (χ0v) is 10.9. The van der Waals surface area contributed by atoms with Gasteiger partial charge in [0.2, 0.25) is 0 Å². The van der Waals surface area contributed by atoms with Gasteiger partial charge in [0.1, 0.15) is 5.82 Å². The van der Waals surface area contributed by atoms with Crippen LogP contribution in [0.2, 0.25) is 5.02 Å². The maximum absolute atomic E-state index is 5.97. The zero-order valence-electron chi connectivity index (χ0n) is 10.1. The van der Waals surface area contributed by atoms with Crippen LogP contribution < -0.4 is 0 Å². The molecule has 0 amide bonds. The van der Waals surface area contributed by atoms with Crippen molar-refractivity contribution in [1.82, 2.24) is 9.38 Å².